The number of rotatable bonds is 2. The zero-order valence-electron chi connectivity index (χ0n) is 11.6. The van der Waals surface area contributed by atoms with Crippen molar-refractivity contribution in [3.63, 3.8) is 0 Å². The smallest absolute Gasteiger partial charge is 0.0686 e. The van der Waals surface area contributed by atoms with Crippen LogP contribution in [0.4, 0.5) is 0 Å². The highest BCUT2D eigenvalue weighted by Gasteiger charge is 2.49. The highest BCUT2D eigenvalue weighted by Crippen LogP contribution is 2.49. The Morgan fingerprint density at radius 3 is 2.39 bits per heavy atom. The third-order valence-electron chi connectivity index (χ3n) is 5.78. The summed E-state index contributed by atoms with van der Waals surface area (Å²) in [4.78, 5) is 0. The predicted molar refractivity (Wildman–Crippen MR) is 71.5 cm³/mol. The molecule has 3 nitrogen and oxygen atoms in total. The topological polar surface area (TPSA) is 41.5 Å². The number of ether oxygens (including phenoxy) is 1. The molecule has 1 spiro atoms. The van der Waals surface area contributed by atoms with Crippen LogP contribution in [-0.4, -0.2) is 36.0 Å². The first-order valence-corrected chi connectivity index (χ1v) is 7.69. The molecule has 0 radical (unpaired) electrons. The van der Waals surface area contributed by atoms with E-state index in [1.54, 1.807) is 0 Å². The number of aliphatic hydroxyl groups is 1. The molecule has 0 aromatic heterocycles. The molecule has 1 aliphatic heterocycles. The van der Waals surface area contributed by atoms with E-state index in [4.69, 9.17) is 4.74 Å². The fourth-order valence-corrected chi connectivity index (χ4v) is 4.22. The van der Waals surface area contributed by atoms with Crippen LogP contribution in [0.15, 0.2) is 0 Å². The van der Waals surface area contributed by atoms with Gasteiger partial charge < -0.3 is 15.2 Å². The van der Waals surface area contributed by atoms with Crippen LogP contribution in [0, 0.1) is 5.92 Å². The van der Waals surface area contributed by atoms with E-state index in [-0.39, 0.29) is 5.60 Å². The van der Waals surface area contributed by atoms with Crippen LogP contribution in [0.2, 0.25) is 0 Å². The first-order chi connectivity index (χ1) is 8.66. The highest BCUT2D eigenvalue weighted by molar-refractivity contribution is 5.01. The van der Waals surface area contributed by atoms with Crippen LogP contribution in [0.1, 0.15) is 57.8 Å². The van der Waals surface area contributed by atoms with Crippen LogP contribution in [0.3, 0.4) is 0 Å². The first-order valence-electron chi connectivity index (χ1n) is 7.69. The fourth-order valence-electron chi connectivity index (χ4n) is 4.22. The van der Waals surface area contributed by atoms with Crippen LogP contribution in [0.25, 0.3) is 0 Å². The number of hydrogen-bond acceptors (Lipinski definition) is 3. The second-order valence-electron chi connectivity index (χ2n) is 6.74. The number of hydrogen-bond donors (Lipinski definition) is 2. The van der Waals surface area contributed by atoms with E-state index >= 15 is 0 Å². The van der Waals surface area contributed by atoms with E-state index < -0.39 is 5.60 Å². The summed E-state index contributed by atoms with van der Waals surface area (Å²) in [6, 6.07) is 0.614. The summed E-state index contributed by atoms with van der Waals surface area (Å²) in [5.74, 6) is 0.476. The van der Waals surface area contributed by atoms with Gasteiger partial charge in [0.2, 0.25) is 0 Å². The zero-order chi connectivity index (χ0) is 12.6. The molecule has 3 aliphatic rings. The molecule has 3 rings (SSSR count). The van der Waals surface area contributed by atoms with Gasteiger partial charge in [-0.1, -0.05) is 0 Å². The van der Waals surface area contributed by atoms with Crippen molar-refractivity contribution in [1.29, 1.82) is 0 Å². The van der Waals surface area contributed by atoms with E-state index in [2.05, 4.69) is 5.32 Å². The van der Waals surface area contributed by atoms with Crippen molar-refractivity contribution < 1.29 is 9.84 Å². The van der Waals surface area contributed by atoms with Crippen molar-refractivity contribution >= 4 is 0 Å². The Morgan fingerprint density at radius 1 is 1.11 bits per heavy atom. The highest BCUT2D eigenvalue weighted by atomic mass is 16.5. The minimum absolute atomic E-state index is 0.165. The van der Waals surface area contributed by atoms with Crippen molar-refractivity contribution in [2.75, 3.05) is 13.7 Å². The van der Waals surface area contributed by atoms with Crippen molar-refractivity contribution in [3.8, 4) is 0 Å². The lowest BCUT2D eigenvalue weighted by Crippen LogP contribution is -2.53. The Bertz CT molecular complexity index is 293. The Labute approximate surface area is 110 Å². The molecule has 3 fully saturated rings. The van der Waals surface area contributed by atoms with Crippen LogP contribution in [-0.2, 0) is 4.74 Å². The van der Waals surface area contributed by atoms with E-state index in [1.165, 1.54) is 19.3 Å². The molecule has 0 amide bonds. The monoisotopic (exact) mass is 253 g/mol. The summed E-state index contributed by atoms with van der Waals surface area (Å²) in [6.45, 7) is 0.864. The second-order valence-corrected chi connectivity index (χ2v) is 6.74. The minimum atomic E-state index is -0.403. The zero-order valence-corrected chi connectivity index (χ0v) is 11.6. The molecule has 2 aliphatic carbocycles. The first kappa shape index (κ1) is 12.9. The molecule has 0 aromatic rings. The lowest BCUT2D eigenvalue weighted by atomic mass is 9.64. The van der Waals surface area contributed by atoms with Crippen LogP contribution in [0.5, 0.6) is 0 Å². The van der Waals surface area contributed by atoms with E-state index in [9.17, 15) is 5.11 Å². The Balaban J connectivity index is 1.63. The molecule has 104 valence electrons. The van der Waals surface area contributed by atoms with Gasteiger partial charge in [0.25, 0.3) is 0 Å². The molecule has 2 N–H and O–H groups in total. The predicted octanol–water partition coefficient (Wildman–Crippen LogP) is 2.23. The van der Waals surface area contributed by atoms with Crippen molar-refractivity contribution in [2.24, 2.45) is 5.92 Å². The molecule has 2 saturated carbocycles. The van der Waals surface area contributed by atoms with Crippen molar-refractivity contribution in [3.05, 3.63) is 0 Å². The Hall–Kier alpha value is -0.120. The van der Waals surface area contributed by atoms with Gasteiger partial charge in [0.05, 0.1) is 11.2 Å². The van der Waals surface area contributed by atoms with Gasteiger partial charge in [0.15, 0.2) is 0 Å². The fraction of sp³-hybridized carbons (Fsp3) is 1.00. The summed E-state index contributed by atoms with van der Waals surface area (Å²) in [5.41, 5.74) is -0.238. The van der Waals surface area contributed by atoms with Gasteiger partial charge in [0, 0.05) is 12.6 Å². The van der Waals surface area contributed by atoms with Crippen LogP contribution < -0.4 is 5.32 Å². The van der Waals surface area contributed by atoms with Gasteiger partial charge in [0.1, 0.15) is 0 Å². The van der Waals surface area contributed by atoms with Gasteiger partial charge in [-0.15, -0.1) is 0 Å². The third kappa shape index (κ3) is 2.21. The molecule has 0 aromatic carbocycles. The summed E-state index contributed by atoms with van der Waals surface area (Å²) in [5, 5.41) is 14.3. The molecule has 1 atom stereocenters. The van der Waals surface area contributed by atoms with Gasteiger partial charge >= 0.3 is 0 Å². The summed E-state index contributed by atoms with van der Waals surface area (Å²) < 4.78 is 5.99. The second kappa shape index (κ2) is 4.77. The van der Waals surface area contributed by atoms with Crippen molar-refractivity contribution in [2.45, 2.75) is 75.0 Å². The summed E-state index contributed by atoms with van der Waals surface area (Å²) in [7, 11) is 2.03. The van der Waals surface area contributed by atoms with E-state index in [0.29, 0.717) is 12.0 Å². The molecule has 18 heavy (non-hydrogen) atoms. The van der Waals surface area contributed by atoms with Gasteiger partial charge in [-0.3, -0.25) is 0 Å². The average Bonchev–Trinajstić information content (AvgIpc) is 2.38. The SMILES string of the molecule is CNC1CCC(O)(C2CCOC3(CCC3)C2)CC1. The minimum Gasteiger partial charge on any atom is -0.390 e. The molecular weight excluding hydrogens is 226 g/mol. The van der Waals surface area contributed by atoms with Gasteiger partial charge in [-0.25, -0.2) is 0 Å². The maximum atomic E-state index is 11.0. The number of nitrogens with one attached hydrogen (secondary N) is 1. The largest absolute Gasteiger partial charge is 0.390 e. The lowest BCUT2D eigenvalue weighted by Gasteiger charge is -2.52. The molecule has 1 heterocycles. The quantitative estimate of drug-likeness (QED) is 0.793. The normalized spacial score (nSPS) is 43.7. The molecule has 0 bridgehead atoms. The third-order valence-corrected chi connectivity index (χ3v) is 5.78. The summed E-state index contributed by atoms with van der Waals surface area (Å²) >= 11 is 0. The molecule has 1 saturated heterocycles. The maximum Gasteiger partial charge on any atom is 0.0686 e. The molecular formula is C15H27NO2. The van der Waals surface area contributed by atoms with E-state index in [0.717, 1.165) is 45.1 Å². The van der Waals surface area contributed by atoms with E-state index in [1.807, 2.05) is 7.05 Å². The summed E-state index contributed by atoms with van der Waals surface area (Å²) in [6.07, 6.45) is 10.1. The Kier molecular flexibility index (Phi) is 3.41. The van der Waals surface area contributed by atoms with Gasteiger partial charge in [-0.05, 0) is 70.8 Å². The molecule has 3 heteroatoms. The molecule has 1 unspecified atom stereocenters. The Morgan fingerprint density at radius 2 is 1.83 bits per heavy atom. The average molecular weight is 253 g/mol. The van der Waals surface area contributed by atoms with Crippen LogP contribution >= 0.6 is 0 Å². The van der Waals surface area contributed by atoms with Gasteiger partial charge in [-0.2, -0.15) is 0 Å². The maximum absolute atomic E-state index is 11.0. The lowest BCUT2D eigenvalue weighted by molar-refractivity contribution is -0.181. The van der Waals surface area contributed by atoms with Crippen molar-refractivity contribution in [1.82, 2.24) is 5.32 Å². The standard InChI is InChI=1S/C15H27NO2/c1-16-13-3-8-15(17,9-4-13)12-5-10-18-14(11-12)6-2-7-14/h12-13,16-17H,2-11H2,1H3.